The number of unbranched alkanes of at least 4 members (excludes halogenated alkanes) is 2. The van der Waals surface area contributed by atoms with Gasteiger partial charge in [0.2, 0.25) is 0 Å². The summed E-state index contributed by atoms with van der Waals surface area (Å²) in [5.41, 5.74) is 0. The van der Waals surface area contributed by atoms with Gasteiger partial charge in [0.25, 0.3) is 0 Å². The zero-order valence-electron chi connectivity index (χ0n) is 11.5. The van der Waals surface area contributed by atoms with Gasteiger partial charge in [0, 0.05) is 6.04 Å². The minimum Gasteiger partial charge on any atom is -0.465 e. The Balaban J connectivity index is 4.23. The number of carbonyl (C=O) groups excluding carboxylic acids is 1. The number of esters is 1. The first-order valence-electron chi connectivity index (χ1n) is 6.46. The van der Waals surface area contributed by atoms with E-state index < -0.39 is 0 Å². The van der Waals surface area contributed by atoms with Crippen LogP contribution in [-0.4, -0.2) is 36.1 Å². The number of ether oxygens (including phenoxy) is 1. The standard InChI is InChI=1S/C13H27NO2/c1-6-8-9-10-14(11(3)4)12(5)13(15)16-7-2/h11-12H,6-10H2,1-5H3. The Morgan fingerprint density at radius 2 is 1.81 bits per heavy atom. The fraction of sp³-hybridized carbons (Fsp3) is 0.923. The normalized spacial score (nSPS) is 13.2. The molecule has 0 spiro atoms. The van der Waals surface area contributed by atoms with Crippen molar-refractivity contribution in [3.8, 4) is 0 Å². The zero-order chi connectivity index (χ0) is 12.6. The van der Waals surface area contributed by atoms with Gasteiger partial charge in [-0.2, -0.15) is 0 Å². The van der Waals surface area contributed by atoms with E-state index in [-0.39, 0.29) is 12.0 Å². The molecular formula is C13H27NO2. The van der Waals surface area contributed by atoms with Gasteiger partial charge in [-0.15, -0.1) is 0 Å². The average Bonchev–Trinajstić information content (AvgIpc) is 2.23. The minimum absolute atomic E-state index is 0.104. The van der Waals surface area contributed by atoms with Gasteiger partial charge in [0.1, 0.15) is 6.04 Å². The molecule has 96 valence electrons. The molecule has 0 N–H and O–H groups in total. The third kappa shape index (κ3) is 5.50. The molecule has 0 rings (SSSR count). The average molecular weight is 229 g/mol. The fourth-order valence-electron chi connectivity index (χ4n) is 1.84. The summed E-state index contributed by atoms with van der Waals surface area (Å²) in [6.45, 7) is 11.7. The van der Waals surface area contributed by atoms with Gasteiger partial charge >= 0.3 is 5.97 Å². The molecule has 16 heavy (non-hydrogen) atoms. The monoisotopic (exact) mass is 229 g/mol. The molecule has 3 nitrogen and oxygen atoms in total. The van der Waals surface area contributed by atoms with Crippen molar-refractivity contribution >= 4 is 5.97 Å². The summed E-state index contributed by atoms with van der Waals surface area (Å²) in [5.74, 6) is -0.104. The van der Waals surface area contributed by atoms with Crippen LogP contribution in [0.3, 0.4) is 0 Å². The van der Waals surface area contributed by atoms with Crippen LogP contribution in [0.25, 0.3) is 0 Å². The van der Waals surface area contributed by atoms with E-state index in [1.54, 1.807) is 0 Å². The van der Waals surface area contributed by atoms with Crippen molar-refractivity contribution in [1.82, 2.24) is 4.90 Å². The molecule has 0 saturated heterocycles. The highest BCUT2D eigenvalue weighted by Crippen LogP contribution is 2.09. The van der Waals surface area contributed by atoms with E-state index in [4.69, 9.17) is 4.74 Å². The Labute approximate surface area is 100 Å². The van der Waals surface area contributed by atoms with Gasteiger partial charge in [-0.1, -0.05) is 19.8 Å². The Morgan fingerprint density at radius 3 is 2.25 bits per heavy atom. The van der Waals surface area contributed by atoms with Crippen LogP contribution >= 0.6 is 0 Å². The van der Waals surface area contributed by atoms with Crippen LogP contribution in [0.4, 0.5) is 0 Å². The summed E-state index contributed by atoms with van der Waals surface area (Å²) < 4.78 is 5.06. The van der Waals surface area contributed by atoms with Crippen molar-refractivity contribution in [3.63, 3.8) is 0 Å². The maximum absolute atomic E-state index is 11.7. The van der Waals surface area contributed by atoms with Crippen LogP contribution < -0.4 is 0 Å². The third-order valence-electron chi connectivity index (χ3n) is 2.81. The van der Waals surface area contributed by atoms with Gasteiger partial charge < -0.3 is 4.74 Å². The predicted molar refractivity (Wildman–Crippen MR) is 67.5 cm³/mol. The molecule has 1 atom stereocenters. The maximum Gasteiger partial charge on any atom is 0.323 e. The lowest BCUT2D eigenvalue weighted by Gasteiger charge is -2.31. The van der Waals surface area contributed by atoms with Crippen molar-refractivity contribution in [3.05, 3.63) is 0 Å². The van der Waals surface area contributed by atoms with Crippen LogP contribution in [-0.2, 0) is 9.53 Å². The largest absolute Gasteiger partial charge is 0.465 e. The quantitative estimate of drug-likeness (QED) is 0.473. The summed E-state index contributed by atoms with van der Waals surface area (Å²) in [6, 6.07) is 0.257. The molecule has 0 radical (unpaired) electrons. The lowest BCUT2D eigenvalue weighted by molar-refractivity contribution is -0.149. The smallest absolute Gasteiger partial charge is 0.323 e. The van der Waals surface area contributed by atoms with Crippen molar-refractivity contribution < 1.29 is 9.53 Å². The van der Waals surface area contributed by atoms with Crippen molar-refractivity contribution in [2.45, 2.75) is 66.0 Å². The molecule has 0 aliphatic rings. The molecule has 0 aliphatic carbocycles. The molecule has 0 heterocycles. The van der Waals surface area contributed by atoms with Crippen molar-refractivity contribution in [1.29, 1.82) is 0 Å². The van der Waals surface area contributed by atoms with Gasteiger partial charge in [-0.05, 0) is 40.7 Å². The first-order chi connectivity index (χ1) is 7.54. The Hall–Kier alpha value is -0.570. The number of carbonyl (C=O) groups is 1. The van der Waals surface area contributed by atoms with E-state index in [0.717, 1.165) is 13.0 Å². The van der Waals surface area contributed by atoms with E-state index in [0.29, 0.717) is 12.6 Å². The van der Waals surface area contributed by atoms with E-state index in [1.165, 1.54) is 12.8 Å². The fourth-order valence-corrected chi connectivity index (χ4v) is 1.84. The van der Waals surface area contributed by atoms with E-state index in [1.807, 2.05) is 13.8 Å². The van der Waals surface area contributed by atoms with Crippen LogP contribution in [0, 0.1) is 0 Å². The molecule has 0 bridgehead atoms. The second-order valence-corrected chi connectivity index (χ2v) is 4.47. The Bertz CT molecular complexity index is 192. The Kier molecular flexibility index (Phi) is 8.26. The molecule has 0 aliphatic heterocycles. The summed E-state index contributed by atoms with van der Waals surface area (Å²) in [4.78, 5) is 13.9. The van der Waals surface area contributed by atoms with Crippen LogP contribution in [0.15, 0.2) is 0 Å². The van der Waals surface area contributed by atoms with Crippen LogP contribution in [0.1, 0.15) is 53.9 Å². The van der Waals surface area contributed by atoms with Gasteiger partial charge in [-0.3, -0.25) is 9.69 Å². The lowest BCUT2D eigenvalue weighted by atomic mass is 10.1. The predicted octanol–water partition coefficient (Wildman–Crippen LogP) is 2.84. The second-order valence-electron chi connectivity index (χ2n) is 4.47. The topological polar surface area (TPSA) is 29.5 Å². The summed E-state index contributed by atoms with van der Waals surface area (Å²) in [7, 11) is 0. The highest BCUT2D eigenvalue weighted by molar-refractivity contribution is 5.75. The van der Waals surface area contributed by atoms with Gasteiger partial charge in [0.15, 0.2) is 0 Å². The summed E-state index contributed by atoms with van der Waals surface area (Å²) in [5, 5.41) is 0. The van der Waals surface area contributed by atoms with E-state index in [9.17, 15) is 4.79 Å². The summed E-state index contributed by atoms with van der Waals surface area (Å²) in [6.07, 6.45) is 3.58. The number of nitrogens with zero attached hydrogens (tertiary/aromatic N) is 1. The van der Waals surface area contributed by atoms with E-state index in [2.05, 4.69) is 25.7 Å². The lowest BCUT2D eigenvalue weighted by Crippen LogP contribution is -2.44. The number of rotatable bonds is 8. The minimum atomic E-state index is -0.128. The molecule has 0 fully saturated rings. The van der Waals surface area contributed by atoms with Crippen molar-refractivity contribution in [2.75, 3.05) is 13.2 Å². The highest BCUT2D eigenvalue weighted by atomic mass is 16.5. The molecule has 0 aromatic carbocycles. The Morgan fingerprint density at radius 1 is 1.19 bits per heavy atom. The maximum atomic E-state index is 11.7. The zero-order valence-corrected chi connectivity index (χ0v) is 11.5. The number of hydrogen-bond donors (Lipinski definition) is 0. The number of hydrogen-bond acceptors (Lipinski definition) is 3. The van der Waals surface area contributed by atoms with Gasteiger partial charge in [0.05, 0.1) is 6.61 Å². The van der Waals surface area contributed by atoms with E-state index >= 15 is 0 Å². The van der Waals surface area contributed by atoms with Crippen molar-refractivity contribution in [2.24, 2.45) is 0 Å². The third-order valence-corrected chi connectivity index (χ3v) is 2.81. The first-order valence-corrected chi connectivity index (χ1v) is 6.46. The summed E-state index contributed by atoms with van der Waals surface area (Å²) >= 11 is 0. The van der Waals surface area contributed by atoms with Gasteiger partial charge in [-0.25, -0.2) is 0 Å². The SMILES string of the molecule is CCCCCN(C(C)C)C(C)C(=O)OCC. The molecule has 0 aromatic heterocycles. The molecule has 0 amide bonds. The second kappa shape index (κ2) is 8.57. The highest BCUT2D eigenvalue weighted by Gasteiger charge is 2.23. The van der Waals surface area contributed by atoms with Crippen LogP contribution in [0.2, 0.25) is 0 Å². The molecule has 1 unspecified atom stereocenters. The first kappa shape index (κ1) is 15.4. The molecular weight excluding hydrogens is 202 g/mol. The van der Waals surface area contributed by atoms with Crippen LogP contribution in [0.5, 0.6) is 0 Å². The molecule has 0 aromatic rings. The molecule has 3 heteroatoms. The molecule has 0 saturated carbocycles.